The van der Waals surface area contributed by atoms with Crippen LogP contribution >= 0.6 is 0 Å². The van der Waals surface area contributed by atoms with Crippen molar-refractivity contribution in [3.8, 4) is 0 Å². The van der Waals surface area contributed by atoms with E-state index in [4.69, 9.17) is 0 Å². The van der Waals surface area contributed by atoms with Crippen LogP contribution in [0.1, 0.15) is 20.3 Å². The number of hydrogen-bond acceptors (Lipinski definition) is 4. The van der Waals surface area contributed by atoms with Gasteiger partial charge in [0, 0.05) is 36.8 Å². The normalized spacial score (nSPS) is 10.2. The van der Waals surface area contributed by atoms with Crippen molar-refractivity contribution in [3.05, 3.63) is 34.4 Å². The highest BCUT2D eigenvalue weighted by Gasteiger charge is 2.05. The van der Waals surface area contributed by atoms with Gasteiger partial charge in [-0.15, -0.1) is 0 Å². The summed E-state index contributed by atoms with van der Waals surface area (Å²) in [5.41, 5.74) is 0.816. The monoisotopic (exact) mass is 251 g/mol. The molecule has 0 heterocycles. The average Bonchev–Trinajstić information content (AvgIpc) is 2.28. The SMILES string of the molecule is CC(C)NC(=O)CCNc1ccc([N+](=O)[O-])cc1. The van der Waals surface area contributed by atoms with Crippen LogP contribution in [0.15, 0.2) is 24.3 Å². The molecule has 0 saturated carbocycles. The molecule has 2 N–H and O–H groups in total. The summed E-state index contributed by atoms with van der Waals surface area (Å²) in [5.74, 6) is -0.0144. The Balaban J connectivity index is 2.35. The topological polar surface area (TPSA) is 84.3 Å². The van der Waals surface area contributed by atoms with Crippen LogP contribution in [-0.4, -0.2) is 23.4 Å². The van der Waals surface area contributed by atoms with E-state index in [9.17, 15) is 14.9 Å². The second-order valence-corrected chi connectivity index (χ2v) is 4.20. The third-order valence-corrected chi connectivity index (χ3v) is 2.21. The van der Waals surface area contributed by atoms with E-state index in [-0.39, 0.29) is 17.6 Å². The summed E-state index contributed by atoms with van der Waals surface area (Å²) in [6.07, 6.45) is 0.370. The van der Waals surface area contributed by atoms with Gasteiger partial charge in [-0.25, -0.2) is 0 Å². The van der Waals surface area contributed by atoms with Crippen molar-refractivity contribution in [1.82, 2.24) is 5.32 Å². The molecule has 0 spiro atoms. The Morgan fingerprint density at radius 1 is 1.33 bits per heavy atom. The van der Waals surface area contributed by atoms with Crippen LogP contribution in [0, 0.1) is 10.1 Å². The Bertz CT molecular complexity index is 415. The van der Waals surface area contributed by atoms with Crippen molar-refractivity contribution in [2.45, 2.75) is 26.3 Å². The van der Waals surface area contributed by atoms with Crippen molar-refractivity contribution in [3.63, 3.8) is 0 Å². The van der Waals surface area contributed by atoms with Crippen molar-refractivity contribution in [2.75, 3.05) is 11.9 Å². The second-order valence-electron chi connectivity index (χ2n) is 4.20. The maximum Gasteiger partial charge on any atom is 0.269 e. The molecule has 1 amide bonds. The summed E-state index contributed by atoms with van der Waals surface area (Å²) in [5, 5.41) is 16.3. The molecule has 18 heavy (non-hydrogen) atoms. The van der Waals surface area contributed by atoms with Gasteiger partial charge in [-0.1, -0.05) is 0 Å². The first-order chi connectivity index (χ1) is 8.49. The van der Waals surface area contributed by atoms with E-state index in [1.54, 1.807) is 12.1 Å². The molecule has 0 aromatic heterocycles. The summed E-state index contributed by atoms with van der Waals surface area (Å²) in [6.45, 7) is 4.31. The van der Waals surface area contributed by atoms with E-state index >= 15 is 0 Å². The average molecular weight is 251 g/mol. The summed E-state index contributed by atoms with van der Waals surface area (Å²) in [4.78, 5) is 21.4. The van der Waals surface area contributed by atoms with Crippen molar-refractivity contribution in [2.24, 2.45) is 0 Å². The third-order valence-electron chi connectivity index (χ3n) is 2.21. The maximum absolute atomic E-state index is 11.3. The van der Waals surface area contributed by atoms with Gasteiger partial charge in [0.05, 0.1) is 4.92 Å². The van der Waals surface area contributed by atoms with Crippen LogP contribution in [-0.2, 0) is 4.79 Å². The van der Waals surface area contributed by atoms with E-state index in [2.05, 4.69) is 10.6 Å². The highest BCUT2D eigenvalue weighted by Crippen LogP contribution is 2.15. The number of nitro groups is 1. The number of non-ortho nitro benzene ring substituents is 1. The number of nitro benzene ring substituents is 1. The molecule has 0 fully saturated rings. The Morgan fingerprint density at radius 3 is 2.44 bits per heavy atom. The van der Waals surface area contributed by atoms with E-state index in [1.807, 2.05) is 13.8 Å². The number of hydrogen-bond donors (Lipinski definition) is 2. The molecular weight excluding hydrogens is 234 g/mol. The number of benzene rings is 1. The first-order valence-electron chi connectivity index (χ1n) is 5.76. The zero-order valence-corrected chi connectivity index (χ0v) is 10.5. The van der Waals surface area contributed by atoms with E-state index in [1.165, 1.54) is 12.1 Å². The fourth-order valence-electron chi connectivity index (χ4n) is 1.42. The van der Waals surface area contributed by atoms with E-state index < -0.39 is 4.92 Å². The zero-order chi connectivity index (χ0) is 13.5. The van der Waals surface area contributed by atoms with Gasteiger partial charge in [-0.2, -0.15) is 0 Å². The van der Waals surface area contributed by atoms with Crippen LogP contribution in [0.4, 0.5) is 11.4 Å². The van der Waals surface area contributed by atoms with E-state index in [0.717, 1.165) is 5.69 Å². The van der Waals surface area contributed by atoms with Crippen molar-refractivity contribution < 1.29 is 9.72 Å². The minimum atomic E-state index is -0.445. The minimum Gasteiger partial charge on any atom is -0.385 e. The molecule has 1 aromatic rings. The minimum absolute atomic E-state index is 0.0144. The predicted molar refractivity (Wildman–Crippen MR) is 69.5 cm³/mol. The molecule has 0 bridgehead atoms. The first-order valence-corrected chi connectivity index (χ1v) is 5.76. The van der Waals surface area contributed by atoms with Gasteiger partial charge in [-0.3, -0.25) is 14.9 Å². The number of carbonyl (C=O) groups is 1. The number of nitrogens with one attached hydrogen (secondary N) is 2. The van der Waals surface area contributed by atoms with Gasteiger partial charge in [-0.05, 0) is 26.0 Å². The zero-order valence-electron chi connectivity index (χ0n) is 10.5. The molecule has 0 unspecified atom stereocenters. The van der Waals surface area contributed by atoms with Gasteiger partial charge in [0.2, 0.25) is 5.91 Å². The summed E-state index contributed by atoms with van der Waals surface area (Å²) >= 11 is 0. The van der Waals surface area contributed by atoms with Crippen molar-refractivity contribution >= 4 is 17.3 Å². The lowest BCUT2D eigenvalue weighted by atomic mass is 10.2. The number of carbonyl (C=O) groups excluding carboxylic acids is 1. The predicted octanol–water partition coefficient (Wildman–Crippen LogP) is 1.92. The fourth-order valence-corrected chi connectivity index (χ4v) is 1.42. The lowest BCUT2D eigenvalue weighted by Gasteiger charge is -2.09. The molecule has 6 nitrogen and oxygen atoms in total. The van der Waals surface area contributed by atoms with Crippen LogP contribution in [0.2, 0.25) is 0 Å². The van der Waals surface area contributed by atoms with E-state index in [0.29, 0.717) is 13.0 Å². The Labute approximate surface area is 106 Å². The maximum atomic E-state index is 11.3. The molecule has 0 atom stereocenters. The number of rotatable bonds is 6. The highest BCUT2D eigenvalue weighted by molar-refractivity contribution is 5.76. The number of amides is 1. The lowest BCUT2D eigenvalue weighted by molar-refractivity contribution is -0.384. The van der Waals surface area contributed by atoms with Gasteiger partial charge >= 0.3 is 0 Å². The molecule has 0 saturated heterocycles. The number of anilines is 1. The molecule has 6 heteroatoms. The quantitative estimate of drug-likeness (QED) is 0.597. The third kappa shape index (κ3) is 4.82. The lowest BCUT2D eigenvalue weighted by Crippen LogP contribution is -2.31. The Kier molecular flexibility index (Phi) is 5.10. The smallest absolute Gasteiger partial charge is 0.269 e. The molecule has 1 rings (SSSR count). The van der Waals surface area contributed by atoms with Crippen LogP contribution in [0.3, 0.4) is 0 Å². The molecule has 0 radical (unpaired) electrons. The van der Waals surface area contributed by atoms with Gasteiger partial charge in [0.1, 0.15) is 0 Å². The van der Waals surface area contributed by atoms with Gasteiger partial charge in [0.25, 0.3) is 5.69 Å². The summed E-state index contributed by atoms with van der Waals surface area (Å²) in [6, 6.07) is 6.24. The van der Waals surface area contributed by atoms with Gasteiger partial charge in [0.15, 0.2) is 0 Å². The molecular formula is C12H17N3O3. The second kappa shape index (κ2) is 6.58. The molecule has 0 aliphatic rings. The number of nitrogens with zero attached hydrogens (tertiary/aromatic N) is 1. The Hall–Kier alpha value is -2.11. The first kappa shape index (κ1) is 14.0. The molecule has 0 aliphatic heterocycles. The largest absolute Gasteiger partial charge is 0.385 e. The summed E-state index contributed by atoms with van der Waals surface area (Å²) in [7, 11) is 0. The molecule has 98 valence electrons. The van der Waals surface area contributed by atoms with Crippen LogP contribution in [0.25, 0.3) is 0 Å². The van der Waals surface area contributed by atoms with Gasteiger partial charge < -0.3 is 10.6 Å². The Morgan fingerprint density at radius 2 is 1.94 bits per heavy atom. The fraction of sp³-hybridized carbons (Fsp3) is 0.417. The van der Waals surface area contributed by atoms with Crippen molar-refractivity contribution in [1.29, 1.82) is 0 Å². The van der Waals surface area contributed by atoms with Crippen LogP contribution in [0.5, 0.6) is 0 Å². The van der Waals surface area contributed by atoms with Crippen LogP contribution < -0.4 is 10.6 Å². The molecule has 1 aromatic carbocycles. The molecule has 0 aliphatic carbocycles. The highest BCUT2D eigenvalue weighted by atomic mass is 16.6. The summed E-state index contributed by atoms with van der Waals surface area (Å²) < 4.78 is 0. The standard InChI is InChI=1S/C12H17N3O3/c1-9(2)14-12(16)7-8-13-10-3-5-11(6-4-10)15(17)18/h3-6,9,13H,7-8H2,1-2H3,(H,14,16).